The maximum absolute atomic E-state index is 11.8. The number of urea groups is 1. The van der Waals surface area contributed by atoms with Crippen LogP contribution >= 0.6 is 11.8 Å². The zero-order chi connectivity index (χ0) is 14.5. The lowest BCUT2D eigenvalue weighted by atomic mass is 10.1. The molecule has 108 valence electrons. The number of hydrogen-bond acceptors (Lipinski definition) is 3. The number of anilines is 1. The fourth-order valence-corrected chi connectivity index (χ4v) is 3.49. The Hall–Kier alpha value is -1.69. The van der Waals surface area contributed by atoms with Gasteiger partial charge in [0, 0.05) is 6.54 Å². The number of thioether (sulfide) groups is 1. The lowest BCUT2D eigenvalue weighted by molar-refractivity contribution is 0.0697. The van der Waals surface area contributed by atoms with Gasteiger partial charge in [-0.3, -0.25) is 0 Å². The number of aryl methyl sites for hydroxylation is 1. The monoisotopic (exact) mass is 294 g/mol. The minimum Gasteiger partial charge on any atom is -0.478 e. The number of amides is 2. The molecule has 1 heterocycles. The summed E-state index contributed by atoms with van der Waals surface area (Å²) in [4.78, 5) is 23.0. The minimum absolute atomic E-state index is 0.138. The number of benzene rings is 1. The summed E-state index contributed by atoms with van der Waals surface area (Å²) < 4.78 is 0. The molecule has 3 N–H and O–H groups in total. The van der Waals surface area contributed by atoms with Gasteiger partial charge in [-0.2, -0.15) is 11.8 Å². The van der Waals surface area contributed by atoms with E-state index in [0.717, 1.165) is 17.9 Å². The third-order valence-electron chi connectivity index (χ3n) is 3.31. The molecule has 0 radical (unpaired) electrons. The molecule has 0 spiro atoms. The summed E-state index contributed by atoms with van der Waals surface area (Å²) >= 11 is 1.90. The molecule has 0 saturated carbocycles. The fraction of sp³-hybridized carbons (Fsp3) is 0.429. The second-order valence-electron chi connectivity index (χ2n) is 4.87. The SMILES string of the molecule is Cc1cccc(NC(=O)NCC2CCSC2)c1C(=O)O. The van der Waals surface area contributed by atoms with E-state index in [4.69, 9.17) is 0 Å². The van der Waals surface area contributed by atoms with Crippen molar-refractivity contribution >= 4 is 29.4 Å². The lowest BCUT2D eigenvalue weighted by Gasteiger charge is -2.13. The molecular formula is C14H18N2O3S. The van der Waals surface area contributed by atoms with E-state index in [0.29, 0.717) is 23.7 Å². The first-order valence-corrected chi connectivity index (χ1v) is 7.69. The Bertz CT molecular complexity index is 513. The molecule has 1 fully saturated rings. The maximum Gasteiger partial charge on any atom is 0.338 e. The summed E-state index contributed by atoms with van der Waals surface area (Å²) in [5, 5.41) is 14.6. The largest absolute Gasteiger partial charge is 0.478 e. The number of nitrogens with one attached hydrogen (secondary N) is 2. The van der Waals surface area contributed by atoms with Crippen molar-refractivity contribution in [1.29, 1.82) is 0 Å². The molecular weight excluding hydrogens is 276 g/mol. The van der Waals surface area contributed by atoms with Crippen LogP contribution in [0.2, 0.25) is 0 Å². The highest BCUT2D eigenvalue weighted by Crippen LogP contribution is 2.23. The minimum atomic E-state index is -1.04. The Morgan fingerprint density at radius 3 is 2.90 bits per heavy atom. The van der Waals surface area contributed by atoms with Crippen LogP contribution in [0.3, 0.4) is 0 Å². The number of hydrogen-bond donors (Lipinski definition) is 3. The van der Waals surface area contributed by atoms with Crippen LogP contribution in [0, 0.1) is 12.8 Å². The van der Waals surface area contributed by atoms with Crippen LogP contribution in [0.1, 0.15) is 22.3 Å². The Morgan fingerprint density at radius 2 is 2.25 bits per heavy atom. The van der Waals surface area contributed by atoms with E-state index < -0.39 is 5.97 Å². The third-order valence-corrected chi connectivity index (χ3v) is 4.54. The van der Waals surface area contributed by atoms with Crippen molar-refractivity contribution in [1.82, 2.24) is 5.32 Å². The van der Waals surface area contributed by atoms with Gasteiger partial charge in [-0.25, -0.2) is 9.59 Å². The summed E-state index contributed by atoms with van der Waals surface area (Å²) in [5.41, 5.74) is 1.09. The van der Waals surface area contributed by atoms with Crippen LogP contribution in [0.25, 0.3) is 0 Å². The molecule has 1 atom stereocenters. The zero-order valence-electron chi connectivity index (χ0n) is 11.3. The van der Waals surface area contributed by atoms with Gasteiger partial charge in [0.2, 0.25) is 0 Å². The van der Waals surface area contributed by atoms with Gasteiger partial charge < -0.3 is 15.7 Å². The molecule has 0 bridgehead atoms. The number of carbonyl (C=O) groups is 2. The molecule has 6 heteroatoms. The standard InChI is InChI=1S/C14H18N2O3S/c1-9-3-2-4-11(12(9)13(17)18)16-14(19)15-7-10-5-6-20-8-10/h2-4,10H,5-8H2,1H3,(H,17,18)(H2,15,16,19). The van der Waals surface area contributed by atoms with Crippen molar-refractivity contribution in [3.63, 3.8) is 0 Å². The van der Waals surface area contributed by atoms with Crippen molar-refractivity contribution in [2.45, 2.75) is 13.3 Å². The van der Waals surface area contributed by atoms with Gasteiger partial charge in [-0.05, 0) is 42.4 Å². The maximum atomic E-state index is 11.8. The van der Waals surface area contributed by atoms with Gasteiger partial charge in [-0.15, -0.1) is 0 Å². The number of carboxylic acids is 1. The lowest BCUT2D eigenvalue weighted by Crippen LogP contribution is -2.33. The predicted molar refractivity (Wildman–Crippen MR) is 80.6 cm³/mol. The van der Waals surface area contributed by atoms with Crippen molar-refractivity contribution in [3.8, 4) is 0 Å². The zero-order valence-corrected chi connectivity index (χ0v) is 12.1. The molecule has 1 aliphatic heterocycles. The highest BCUT2D eigenvalue weighted by molar-refractivity contribution is 7.99. The van der Waals surface area contributed by atoms with E-state index in [9.17, 15) is 14.7 Å². The van der Waals surface area contributed by atoms with Gasteiger partial charge in [-0.1, -0.05) is 12.1 Å². The van der Waals surface area contributed by atoms with E-state index in [-0.39, 0.29) is 11.6 Å². The Labute approximate surface area is 122 Å². The Kier molecular flexibility index (Phi) is 4.89. The van der Waals surface area contributed by atoms with E-state index in [1.165, 1.54) is 0 Å². The molecule has 5 nitrogen and oxygen atoms in total. The van der Waals surface area contributed by atoms with Crippen molar-refractivity contribution in [2.75, 3.05) is 23.4 Å². The first kappa shape index (κ1) is 14.7. The van der Waals surface area contributed by atoms with Crippen LogP contribution in [0.5, 0.6) is 0 Å². The number of aromatic carboxylic acids is 1. The summed E-state index contributed by atoms with van der Waals surface area (Å²) in [5.74, 6) is 1.70. The fourth-order valence-electron chi connectivity index (χ4n) is 2.20. The average molecular weight is 294 g/mol. The van der Waals surface area contributed by atoms with E-state index >= 15 is 0 Å². The third kappa shape index (κ3) is 3.66. The van der Waals surface area contributed by atoms with Gasteiger partial charge in [0.1, 0.15) is 0 Å². The molecule has 0 aliphatic carbocycles. The normalized spacial score (nSPS) is 17.8. The molecule has 20 heavy (non-hydrogen) atoms. The summed E-state index contributed by atoms with van der Waals surface area (Å²) in [6.45, 7) is 2.34. The predicted octanol–water partition coefficient (Wildman–Crippen LogP) is 2.57. The van der Waals surface area contributed by atoms with Crippen LogP contribution < -0.4 is 10.6 Å². The summed E-state index contributed by atoms with van der Waals surface area (Å²) in [6.07, 6.45) is 1.12. The topological polar surface area (TPSA) is 78.4 Å². The van der Waals surface area contributed by atoms with Crippen LogP contribution in [0.4, 0.5) is 10.5 Å². The molecule has 0 aromatic heterocycles. The molecule has 1 aromatic carbocycles. The second kappa shape index (κ2) is 6.65. The molecule has 2 amide bonds. The van der Waals surface area contributed by atoms with E-state index in [2.05, 4.69) is 10.6 Å². The quantitative estimate of drug-likeness (QED) is 0.797. The van der Waals surface area contributed by atoms with Crippen molar-refractivity contribution < 1.29 is 14.7 Å². The number of carbonyl (C=O) groups excluding carboxylic acids is 1. The van der Waals surface area contributed by atoms with Crippen molar-refractivity contribution in [2.24, 2.45) is 5.92 Å². The first-order chi connectivity index (χ1) is 9.58. The first-order valence-electron chi connectivity index (χ1n) is 6.53. The van der Waals surface area contributed by atoms with Gasteiger partial charge in [0.05, 0.1) is 11.3 Å². The highest BCUT2D eigenvalue weighted by Gasteiger charge is 2.18. The molecule has 2 rings (SSSR count). The van der Waals surface area contributed by atoms with Crippen LogP contribution in [-0.4, -0.2) is 35.2 Å². The van der Waals surface area contributed by atoms with Gasteiger partial charge in [0.15, 0.2) is 0 Å². The van der Waals surface area contributed by atoms with Gasteiger partial charge in [0.25, 0.3) is 0 Å². The summed E-state index contributed by atoms with van der Waals surface area (Å²) in [7, 11) is 0. The summed E-state index contributed by atoms with van der Waals surface area (Å²) in [6, 6.07) is 4.68. The van der Waals surface area contributed by atoms with Crippen LogP contribution in [0.15, 0.2) is 18.2 Å². The molecule has 1 aromatic rings. The smallest absolute Gasteiger partial charge is 0.338 e. The Balaban J connectivity index is 1.96. The Morgan fingerprint density at radius 1 is 1.45 bits per heavy atom. The molecule has 1 unspecified atom stereocenters. The number of carboxylic acid groups (broad SMARTS) is 1. The van der Waals surface area contributed by atoms with E-state index in [1.807, 2.05) is 11.8 Å². The van der Waals surface area contributed by atoms with Crippen LogP contribution in [-0.2, 0) is 0 Å². The van der Waals surface area contributed by atoms with Crippen molar-refractivity contribution in [3.05, 3.63) is 29.3 Å². The van der Waals surface area contributed by atoms with E-state index in [1.54, 1.807) is 25.1 Å². The number of rotatable bonds is 4. The molecule has 1 aliphatic rings. The molecule has 1 saturated heterocycles. The highest BCUT2D eigenvalue weighted by atomic mass is 32.2. The average Bonchev–Trinajstić information content (AvgIpc) is 2.89. The second-order valence-corrected chi connectivity index (χ2v) is 6.02. The van der Waals surface area contributed by atoms with Gasteiger partial charge >= 0.3 is 12.0 Å².